The molecule has 0 radical (unpaired) electrons. The Kier molecular flexibility index (Phi) is 4.24. The highest BCUT2D eigenvalue weighted by Gasteiger charge is 2.06. The van der Waals surface area contributed by atoms with E-state index in [-0.39, 0.29) is 0 Å². The quantitative estimate of drug-likeness (QED) is 0.217. The number of hydrazone groups is 1. The van der Waals surface area contributed by atoms with Gasteiger partial charge in [0.2, 0.25) is 0 Å². The lowest BCUT2D eigenvalue weighted by molar-refractivity contribution is 0.236. The summed E-state index contributed by atoms with van der Waals surface area (Å²) in [5.41, 5.74) is 4.74. The third-order valence-corrected chi connectivity index (χ3v) is 1.05. The third-order valence-electron chi connectivity index (χ3n) is 0.447. The minimum Gasteiger partial charge on any atom is -0.349 e. The number of carbonyl (C=O) groups is 1. The molecular weight excluding hydrogens is 172 g/mol. The van der Waals surface area contributed by atoms with E-state index in [4.69, 9.17) is 11.0 Å². The molecule has 0 bridgehead atoms. The van der Waals surface area contributed by atoms with Crippen molar-refractivity contribution in [1.29, 1.82) is 5.26 Å². The van der Waals surface area contributed by atoms with Gasteiger partial charge in [0.25, 0.3) is 0 Å². The molecule has 0 aromatic rings. The predicted octanol–water partition coefficient (Wildman–Crippen LogP) is 0.514. The molecule has 0 rings (SSSR count). The number of nitrogens with two attached hydrogens (primary N) is 1. The van der Waals surface area contributed by atoms with E-state index in [0.29, 0.717) is 16.4 Å². The summed E-state index contributed by atoms with van der Waals surface area (Å²) in [4.78, 5) is 10.3. The second kappa shape index (κ2) is 4.76. The Hall–Kier alpha value is -1.09. The first-order valence-corrected chi connectivity index (χ1v) is 3.14. The Morgan fingerprint density at radius 1 is 1.90 bits per heavy atom. The topological polar surface area (TPSA) is 82.5 Å². The van der Waals surface area contributed by atoms with Gasteiger partial charge >= 0.3 is 6.03 Å². The summed E-state index contributed by atoms with van der Waals surface area (Å²) in [5.74, 6) is 0. The van der Waals surface area contributed by atoms with E-state index in [1.807, 2.05) is 5.16 Å². The van der Waals surface area contributed by atoms with E-state index in [1.165, 1.54) is 0 Å². The van der Waals surface area contributed by atoms with Crippen LogP contribution in [0, 0.1) is 10.7 Å². The second-order valence-electron chi connectivity index (χ2n) is 0.985. The first-order chi connectivity index (χ1) is 4.72. The maximum atomic E-state index is 10.3. The first-order valence-electron chi connectivity index (χ1n) is 1.95. The zero-order chi connectivity index (χ0) is 7.98. The summed E-state index contributed by atoms with van der Waals surface area (Å²) in [6.45, 7) is 0. The lowest BCUT2D eigenvalue weighted by Crippen LogP contribution is -2.24. The van der Waals surface area contributed by atoms with Crippen LogP contribution in [0.1, 0.15) is 0 Å². The van der Waals surface area contributed by atoms with Gasteiger partial charge < -0.3 is 5.73 Å². The summed E-state index contributed by atoms with van der Waals surface area (Å²) in [5, 5.41) is 14.7. The zero-order valence-electron chi connectivity index (χ0n) is 4.64. The number of primary amides is 1. The first kappa shape index (κ1) is 8.91. The fraction of sp³-hybridized carbons (Fsp3) is 0. The molecule has 0 heterocycles. The number of thiocarbonyl (C=S) groups is 1. The number of rotatable bonds is 2. The zero-order valence-corrected chi connectivity index (χ0v) is 6.28. The van der Waals surface area contributed by atoms with Crippen LogP contribution >= 0.6 is 24.2 Å². The van der Waals surface area contributed by atoms with Crippen molar-refractivity contribution in [1.82, 2.24) is 4.41 Å². The smallest absolute Gasteiger partial charge is 0.347 e. The summed E-state index contributed by atoms with van der Waals surface area (Å²) in [6.07, 6.45) is 0. The van der Waals surface area contributed by atoms with Gasteiger partial charge in [-0.05, 0) is 12.2 Å². The minimum absolute atomic E-state index is 0.478. The van der Waals surface area contributed by atoms with Crippen LogP contribution < -0.4 is 5.73 Å². The van der Waals surface area contributed by atoms with Crippen molar-refractivity contribution in [3.05, 3.63) is 0 Å². The molecule has 0 aliphatic carbocycles. The molecule has 2 N–H and O–H groups in total. The number of hydrogen-bond acceptors (Lipinski definition) is 5. The van der Waals surface area contributed by atoms with Crippen molar-refractivity contribution in [2.24, 2.45) is 10.8 Å². The Morgan fingerprint density at radius 2 is 2.50 bits per heavy atom. The normalized spacial score (nSPS) is 7.10. The highest BCUT2D eigenvalue weighted by Crippen LogP contribution is 2.05. The van der Waals surface area contributed by atoms with Crippen LogP contribution in [-0.4, -0.2) is 15.6 Å². The SMILES string of the molecule is N#CSN(N=C=S)C(N)=O. The van der Waals surface area contributed by atoms with Gasteiger partial charge in [-0.15, -0.1) is 4.41 Å². The standard InChI is InChI=1S/C3H2N4OS2/c4-1-10-7(3(5)8)6-2-9/h(H2,5,8). The van der Waals surface area contributed by atoms with Crippen molar-refractivity contribution < 1.29 is 4.79 Å². The van der Waals surface area contributed by atoms with Gasteiger partial charge in [-0.25, -0.2) is 4.79 Å². The number of hydrogen-bond donors (Lipinski definition) is 1. The van der Waals surface area contributed by atoms with Gasteiger partial charge in [-0.3, -0.25) is 0 Å². The third kappa shape index (κ3) is 3.04. The van der Waals surface area contributed by atoms with Gasteiger partial charge in [0.15, 0.2) is 5.40 Å². The molecule has 7 heteroatoms. The monoisotopic (exact) mass is 174 g/mol. The van der Waals surface area contributed by atoms with E-state index in [2.05, 4.69) is 17.3 Å². The predicted molar refractivity (Wildman–Crippen MR) is 39.7 cm³/mol. The Labute approximate surface area is 66.6 Å². The number of urea groups is 1. The maximum Gasteiger partial charge on any atom is 0.347 e. The van der Waals surface area contributed by atoms with E-state index in [0.717, 1.165) is 0 Å². The van der Waals surface area contributed by atoms with Crippen LogP contribution in [0.5, 0.6) is 0 Å². The van der Waals surface area contributed by atoms with Crippen molar-refractivity contribution in [3.63, 3.8) is 0 Å². The largest absolute Gasteiger partial charge is 0.349 e. The van der Waals surface area contributed by atoms with E-state index in [1.54, 1.807) is 5.40 Å². The molecule has 0 fully saturated rings. The molecule has 0 unspecified atom stereocenters. The van der Waals surface area contributed by atoms with Crippen LogP contribution in [0.4, 0.5) is 4.79 Å². The van der Waals surface area contributed by atoms with Gasteiger partial charge in [0, 0.05) is 0 Å². The summed E-state index contributed by atoms with van der Waals surface area (Å²) >= 11 is 4.65. The molecule has 52 valence electrons. The average Bonchev–Trinajstić information content (AvgIpc) is 1.87. The van der Waals surface area contributed by atoms with Crippen molar-refractivity contribution in [3.8, 4) is 5.40 Å². The molecule has 0 aliphatic rings. The van der Waals surface area contributed by atoms with Crippen molar-refractivity contribution >= 4 is 35.4 Å². The Balaban J connectivity index is 4.14. The van der Waals surface area contributed by atoms with Gasteiger partial charge in [0.05, 0.1) is 17.1 Å². The number of isothiocyanates is 1. The Morgan fingerprint density at radius 3 is 2.80 bits per heavy atom. The van der Waals surface area contributed by atoms with Crippen LogP contribution in [0.15, 0.2) is 5.10 Å². The van der Waals surface area contributed by atoms with E-state index >= 15 is 0 Å². The minimum atomic E-state index is -0.857. The number of nitrogens with zero attached hydrogens (tertiary/aromatic N) is 3. The molecule has 0 aromatic heterocycles. The number of amides is 2. The van der Waals surface area contributed by atoms with E-state index < -0.39 is 6.03 Å². The van der Waals surface area contributed by atoms with Crippen molar-refractivity contribution in [2.75, 3.05) is 0 Å². The fourth-order valence-electron chi connectivity index (χ4n) is 0.190. The molecule has 2 amide bonds. The lowest BCUT2D eigenvalue weighted by atomic mass is 11.1. The Bertz CT molecular complexity index is 213. The number of thiocyanates is 1. The van der Waals surface area contributed by atoms with Crippen LogP contribution in [-0.2, 0) is 0 Å². The molecule has 5 nitrogen and oxygen atoms in total. The van der Waals surface area contributed by atoms with Gasteiger partial charge in [0.1, 0.15) is 0 Å². The summed E-state index contributed by atoms with van der Waals surface area (Å²) in [6, 6.07) is -0.857. The average molecular weight is 174 g/mol. The molecule has 0 aromatic carbocycles. The number of carbonyl (C=O) groups excluding carboxylic acids is 1. The molecule has 0 spiro atoms. The highest BCUT2D eigenvalue weighted by molar-refractivity contribution is 8.01. The fourth-order valence-corrected chi connectivity index (χ4v) is 0.573. The molecule has 10 heavy (non-hydrogen) atoms. The molecular formula is C3H2N4OS2. The van der Waals surface area contributed by atoms with Crippen LogP contribution in [0.2, 0.25) is 0 Å². The molecule has 0 saturated heterocycles. The summed E-state index contributed by atoms with van der Waals surface area (Å²) < 4.78 is 0.632. The molecule has 0 saturated carbocycles. The number of nitriles is 1. The summed E-state index contributed by atoms with van der Waals surface area (Å²) in [7, 11) is 0. The van der Waals surface area contributed by atoms with Crippen LogP contribution in [0.25, 0.3) is 0 Å². The van der Waals surface area contributed by atoms with Gasteiger partial charge in [-0.1, -0.05) is 5.10 Å². The molecule has 0 atom stereocenters. The van der Waals surface area contributed by atoms with E-state index in [9.17, 15) is 4.79 Å². The second-order valence-corrected chi connectivity index (χ2v) is 1.88. The van der Waals surface area contributed by atoms with Crippen LogP contribution in [0.3, 0.4) is 0 Å². The lowest BCUT2D eigenvalue weighted by Gasteiger charge is -2.02. The highest BCUT2D eigenvalue weighted by atomic mass is 32.2. The van der Waals surface area contributed by atoms with Gasteiger partial charge in [-0.2, -0.15) is 5.26 Å². The molecule has 0 aliphatic heterocycles. The maximum absolute atomic E-state index is 10.3. The van der Waals surface area contributed by atoms with Crippen molar-refractivity contribution in [2.45, 2.75) is 0 Å².